The molecule has 2 rings (SSSR count). The zero-order valence-corrected chi connectivity index (χ0v) is 11.1. The lowest BCUT2D eigenvalue weighted by molar-refractivity contribution is -0.384. The molecule has 1 aliphatic carbocycles. The number of nitro groups is 1. The lowest BCUT2D eigenvalue weighted by atomic mass is 10.2. The van der Waals surface area contributed by atoms with Crippen LogP contribution in [0.5, 0.6) is 0 Å². The summed E-state index contributed by atoms with van der Waals surface area (Å²) in [6, 6.07) is 2.01. The van der Waals surface area contributed by atoms with Gasteiger partial charge >= 0.3 is 5.97 Å². The van der Waals surface area contributed by atoms with Crippen molar-refractivity contribution in [3.63, 3.8) is 0 Å². The molecule has 0 heterocycles. The largest absolute Gasteiger partial charge is 0.481 e. The van der Waals surface area contributed by atoms with Crippen molar-refractivity contribution in [2.45, 2.75) is 25.3 Å². The molecule has 1 aromatic rings. The number of aliphatic carboxylic acids is 1. The first kappa shape index (κ1) is 14.5. The van der Waals surface area contributed by atoms with E-state index in [0.29, 0.717) is 0 Å². The van der Waals surface area contributed by atoms with Crippen molar-refractivity contribution in [1.82, 2.24) is 0 Å². The smallest absolute Gasteiger partial charge is 0.305 e. The normalized spacial score (nSPS) is 14.1. The molecule has 0 aromatic heterocycles. The average molecular weight is 303 g/mol. The Balaban J connectivity index is 2.38. The van der Waals surface area contributed by atoms with Crippen LogP contribution in [0, 0.1) is 15.9 Å². The van der Waals surface area contributed by atoms with Gasteiger partial charge in [-0.2, -0.15) is 0 Å². The van der Waals surface area contributed by atoms with E-state index < -0.39 is 22.4 Å². The van der Waals surface area contributed by atoms with Crippen LogP contribution in [0.3, 0.4) is 0 Å². The van der Waals surface area contributed by atoms with Crippen molar-refractivity contribution >= 4 is 28.9 Å². The van der Waals surface area contributed by atoms with E-state index in [1.807, 2.05) is 0 Å². The van der Waals surface area contributed by atoms with Crippen LogP contribution in [0.1, 0.15) is 19.3 Å². The molecule has 0 bridgehead atoms. The van der Waals surface area contributed by atoms with Gasteiger partial charge in [0, 0.05) is 12.6 Å². The van der Waals surface area contributed by atoms with Gasteiger partial charge in [0.15, 0.2) is 0 Å². The third kappa shape index (κ3) is 3.16. The maximum atomic E-state index is 13.4. The minimum absolute atomic E-state index is 0.0505. The first-order valence-corrected chi connectivity index (χ1v) is 6.40. The maximum absolute atomic E-state index is 13.4. The standard InChI is InChI=1S/C12H12ClFN2O4/c13-8-5-10(11(16(19)20)6-9(8)14)15(7-1-2-7)4-3-12(17)18/h5-7H,1-4H2,(H,17,18). The molecule has 6 nitrogen and oxygen atoms in total. The maximum Gasteiger partial charge on any atom is 0.305 e. The van der Waals surface area contributed by atoms with Crippen molar-refractivity contribution in [2.24, 2.45) is 0 Å². The highest BCUT2D eigenvalue weighted by Crippen LogP contribution is 2.39. The van der Waals surface area contributed by atoms with Gasteiger partial charge < -0.3 is 10.0 Å². The second kappa shape index (κ2) is 5.62. The lowest BCUT2D eigenvalue weighted by Gasteiger charge is -2.23. The van der Waals surface area contributed by atoms with Crippen molar-refractivity contribution in [3.05, 3.63) is 33.1 Å². The van der Waals surface area contributed by atoms with Crippen LogP contribution in [0.15, 0.2) is 12.1 Å². The fourth-order valence-electron chi connectivity index (χ4n) is 2.00. The zero-order valence-electron chi connectivity index (χ0n) is 10.4. The molecule has 20 heavy (non-hydrogen) atoms. The molecule has 1 fully saturated rings. The first-order chi connectivity index (χ1) is 9.40. The number of nitro benzene ring substituents is 1. The number of hydrogen-bond acceptors (Lipinski definition) is 4. The number of carboxylic acids is 1. The van der Waals surface area contributed by atoms with E-state index in [1.165, 1.54) is 6.07 Å². The molecule has 0 atom stereocenters. The van der Waals surface area contributed by atoms with Gasteiger partial charge in [-0.25, -0.2) is 4.39 Å². The third-order valence-electron chi connectivity index (χ3n) is 3.08. The molecule has 1 saturated carbocycles. The fraction of sp³-hybridized carbons (Fsp3) is 0.417. The second-order valence-electron chi connectivity index (χ2n) is 4.58. The Labute approximate surface area is 118 Å². The Kier molecular flexibility index (Phi) is 4.08. The van der Waals surface area contributed by atoms with E-state index in [2.05, 4.69) is 0 Å². The summed E-state index contributed by atoms with van der Waals surface area (Å²) in [5.74, 6) is -1.86. The van der Waals surface area contributed by atoms with Gasteiger partial charge in [0.05, 0.1) is 22.4 Å². The summed E-state index contributed by atoms with van der Waals surface area (Å²) in [5.41, 5.74) is -0.227. The molecule has 0 spiro atoms. The second-order valence-corrected chi connectivity index (χ2v) is 4.99. The van der Waals surface area contributed by atoms with E-state index in [9.17, 15) is 19.3 Å². The minimum atomic E-state index is -0.994. The number of halogens is 2. The topological polar surface area (TPSA) is 83.7 Å². The van der Waals surface area contributed by atoms with Crippen LogP contribution < -0.4 is 4.90 Å². The third-order valence-corrected chi connectivity index (χ3v) is 3.37. The van der Waals surface area contributed by atoms with Crippen LogP contribution in [0.25, 0.3) is 0 Å². The van der Waals surface area contributed by atoms with Crippen molar-refractivity contribution < 1.29 is 19.2 Å². The summed E-state index contributed by atoms with van der Waals surface area (Å²) in [4.78, 5) is 22.6. The summed E-state index contributed by atoms with van der Waals surface area (Å²) >= 11 is 5.68. The summed E-state index contributed by atoms with van der Waals surface area (Å²) in [6.45, 7) is 0.128. The minimum Gasteiger partial charge on any atom is -0.481 e. The molecule has 0 unspecified atom stereocenters. The van der Waals surface area contributed by atoms with Gasteiger partial charge in [-0.3, -0.25) is 14.9 Å². The van der Waals surface area contributed by atoms with E-state index in [0.717, 1.165) is 18.9 Å². The Morgan fingerprint density at radius 1 is 1.55 bits per heavy atom. The Hall–Kier alpha value is -1.89. The number of nitrogens with zero attached hydrogens (tertiary/aromatic N) is 2. The van der Waals surface area contributed by atoms with Crippen molar-refractivity contribution in [2.75, 3.05) is 11.4 Å². The van der Waals surface area contributed by atoms with Gasteiger partial charge in [0.2, 0.25) is 0 Å². The van der Waals surface area contributed by atoms with E-state index in [-0.39, 0.29) is 29.7 Å². The molecule has 1 aromatic carbocycles. The Bertz CT molecular complexity index is 563. The van der Waals surface area contributed by atoms with E-state index in [1.54, 1.807) is 4.90 Å². The summed E-state index contributed by atoms with van der Waals surface area (Å²) < 4.78 is 13.4. The molecule has 0 radical (unpaired) electrons. The van der Waals surface area contributed by atoms with Gasteiger partial charge in [-0.15, -0.1) is 0 Å². The number of carboxylic acid groups (broad SMARTS) is 1. The summed E-state index contributed by atoms with van der Waals surface area (Å²) in [6.07, 6.45) is 1.50. The monoisotopic (exact) mass is 302 g/mol. The predicted molar refractivity (Wildman–Crippen MR) is 70.7 cm³/mol. The van der Waals surface area contributed by atoms with Crippen molar-refractivity contribution in [3.8, 4) is 0 Å². The van der Waals surface area contributed by atoms with E-state index in [4.69, 9.17) is 16.7 Å². The number of rotatable bonds is 6. The van der Waals surface area contributed by atoms with Crippen molar-refractivity contribution in [1.29, 1.82) is 0 Å². The first-order valence-electron chi connectivity index (χ1n) is 6.02. The summed E-state index contributed by atoms with van der Waals surface area (Å²) in [5, 5.41) is 19.5. The van der Waals surface area contributed by atoms with E-state index >= 15 is 0 Å². The fourth-order valence-corrected chi connectivity index (χ4v) is 2.16. The number of anilines is 1. The van der Waals surface area contributed by atoms with Gasteiger partial charge in [0.25, 0.3) is 5.69 Å². The van der Waals surface area contributed by atoms with Gasteiger partial charge in [0.1, 0.15) is 11.5 Å². The van der Waals surface area contributed by atoms with Gasteiger partial charge in [-0.05, 0) is 18.9 Å². The van der Waals surface area contributed by atoms with Gasteiger partial charge in [-0.1, -0.05) is 11.6 Å². The molecule has 108 valence electrons. The lowest BCUT2D eigenvalue weighted by Crippen LogP contribution is -2.29. The highest BCUT2D eigenvalue weighted by molar-refractivity contribution is 6.31. The Morgan fingerprint density at radius 3 is 2.70 bits per heavy atom. The van der Waals surface area contributed by atoms with Crippen LogP contribution in [-0.4, -0.2) is 28.6 Å². The van der Waals surface area contributed by atoms with Crippen LogP contribution in [0.4, 0.5) is 15.8 Å². The predicted octanol–water partition coefficient (Wildman–Crippen LogP) is 2.83. The highest BCUT2D eigenvalue weighted by atomic mass is 35.5. The molecular formula is C12H12ClFN2O4. The molecular weight excluding hydrogens is 291 g/mol. The van der Waals surface area contributed by atoms with Crippen LogP contribution >= 0.6 is 11.6 Å². The number of benzene rings is 1. The molecule has 1 N–H and O–H groups in total. The number of hydrogen-bond donors (Lipinski definition) is 1. The number of carbonyl (C=O) groups is 1. The summed E-state index contributed by atoms with van der Waals surface area (Å²) in [7, 11) is 0. The molecule has 0 aliphatic heterocycles. The quantitative estimate of drug-likeness (QED) is 0.645. The molecule has 0 saturated heterocycles. The molecule has 1 aliphatic rings. The highest BCUT2D eigenvalue weighted by Gasteiger charge is 2.33. The van der Waals surface area contributed by atoms with Crippen LogP contribution in [-0.2, 0) is 4.79 Å². The Morgan fingerprint density at radius 2 is 2.20 bits per heavy atom. The van der Waals surface area contributed by atoms with Crippen LogP contribution in [0.2, 0.25) is 5.02 Å². The zero-order chi connectivity index (χ0) is 14.9. The SMILES string of the molecule is O=C(O)CCN(c1cc(Cl)c(F)cc1[N+](=O)[O-])C1CC1. The average Bonchev–Trinajstić information content (AvgIpc) is 3.17. The molecule has 0 amide bonds. The molecule has 8 heteroatoms.